The van der Waals surface area contributed by atoms with E-state index < -0.39 is 0 Å². The van der Waals surface area contributed by atoms with Crippen LogP contribution in [0.4, 0.5) is 11.5 Å². The third-order valence-corrected chi connectivity index (χ3v) is 3.60. The van der Waals surface area contributed by atoms with E-state index in [0.717, 1.165) is 28.0 Å². The van der Waals surface area contributed by atoms with Crippen LogP contribution in [-0.4, -0.2) is 12.0 Å². The van der Waals surface area contributed by atoms with E-state index in [0.29, 0.717) is 5.69 Å². The summed E-state index contributed by atoms with van der Waals surface area (Å²) in [5, 5.41) is 0. The van der Waals surface area contributed by atoms with Crippen molar-refractivity contribution in [3.63, 3.8) is 0 Å². The van der Waals surface area contributed by atoms with Crippen molar-refractivity contribution in [2.45, 2.75) is 13.5 Å². The summed E-state index contributed by atoms with van der Waals surface area (Å²) in [5.41, 5.74) is 8.61. The van der Waals surface area contributed by atoms with Gasteiger partial charge in [-0.25, -0.2) is 4.98 Å². The minimum Gasteiger partial charge on any atom is -0.472 e. The first kappa shape index (κ1) is 12.0. The number of hydrogen-bond acceptors (Lipinski definition) is 4. The van der Waals surface area contributed by atoms with Gasteiger partial charge in [-0.15, -0.1) is 0 Å². The molecule has 2 N–H and O–H groups in total. The van der Waals surface area contributed by atoms with Gasteiger partial charge in [0.1, 0.15) is 5.82 Å². The van der Waals surface area contributed by atoms with E-state index in [1.165, 1.54) is 0 Å². The van der Waals surface area contributed by atoms with Gasteiger partial charge in [0, 0.05) is 19.2 Å². The minimum absolute atomic E-state index is 0.692. The first-order valence-corrected chi connectivity index (χ1v) is 6.01. The van der Waals surface area contributed by atoms with Crippen LogP contribution >= 0.6 is 15.9 Å². The molecule has 2 aromatic heterocycles. The standard InChI is InChI=1S/C12H14BrN3O/c1-8-10(14)5-15-12(11(8)13)16(2)6-9-3-4-17-7-9/h3-5,7H,6,14H2,1-2H3. The third-order valence-electron chi connectivity index (χ3n) is 2.65. The number of furan rings is 1. The van der Waals surface area contributed by atoms with Crippen LogP contribution in [0.5, 0.6) is 0 Å². The Morgan fingerprint density at radius 1 is 1.53 bits per heavy atom. The van der Waals surface area contributed by atoms with Crippen molar-refractivity contribution in [2.24, 2.45) is 0 Å². The van der Waals surface area contributed by atoms with E-state index in [1.807, 2.05) is 24.9 Å². The second kappa shape index (κ2) is 4.79. The highest BCUT2D eigenvalue weighted by molar-refractivity contribution is 9.10. The van der Waals surface area contributed by atoms with Crippen molar-refractivity contribution in [3.05, 3.63) is 40.4 Å². The largest absolute Gasteiger partial charge is 0.472 e. The number of aromatic nitrogens is 1. The van der Waals surface area contributed by atoms with Crippen LogP contribution < -0.4 is 10.6 Å². The van der Waals surface area contributed by atoms with Gasteiger partial charge in [0.15, 0.2) is 0 Å². The Morgan fingerprint density at radius 3 is 2.94 bits per heavy atom. The van der Waals surface area contributed by atoms with Crippen LogP contribution in [-0.2, 0) is 6.54 Å². The Kier molecular flexibility index (Phi) is 3.38. The molecule has 90 valence electrons. The van der Waals surface area contributed by atoms with Crippen molar-refractivity contribution in [2.75, 3.05) is 17.7 Å². The van der Waals surface area contributed by atoms with Crippen molar-refractivity contribution >= 4 is 27.4 Å². The van der Waals surface area contributed by atoms with Crippen molar-refractivity contribution < 1.29 is 4.42 Å². The second-order valence-corrected chi connectivity index (χ2v) is 4.76. The molecular formula is C12H14BrN3O. The van der Waals surface area contributed by atoms with Gasteiger partial charge in [0.2, 0.25) is 0 Å². The summed E-state index contributed by atoms with van der Waals surface area (Å²) in [6.07, 6.45) is 5.08. The number of nitrogens with two attached hydrogens (primary N) is 1. The van der Waals surface area contributed by atoms with Crippen LogP contribution in [0.15, 0.2) is 33.7 Å². The fourth-order valence-electron chi connectivity index (χ4n) is 1.58. The molecule has 0 unspecified atom stereocenters. The SMILES string of the molecule is Cc1c(N)cnc(N(C)Cc2ccoc2)c1Br. The molecule has 0 amide bonds. The average Bonchev–Trinajstić information content (AvgIpc) is 2.78. The van der Waals surface area contributed by atoms with Gasteiger partial charge in [0.25, 0.3) is 0 Å². The summed E-state index contributed by atoms with van der Waals surface area (Å²) >= 11 is 3.53. The summed E-state index contributed by atoms with van der Waals surface area (Å²) in [6.45, 7) is 2.71. The fourth-order valence-corrected chi connectivity index (χ4v) is 2.21. The molecule has 2 rings (SSSR count). The summed E-state index contributed by atoms with van der Waals surface area (Å²) < 4.78 is 5.98. The number of halogens is 1. The lowest BCUT2D eigenvalue weighted by Gasteiger charge is -2.20. The van der Waals surface area contributed by atoms with E-state index >= 15 is 0 Å². The van der Waals surface area contributed by atoms with E-state index in [2.05, 4.69) is 20.9 Å². The molecule has 0 radical (unpaired) electrons. The number of hydrogen-bond donors (Lipinski definition) is 1. The lowest BCUT2D eigenvalue weighted by molar-refractivity contribution is 0.563. The van der Waals surface area contributed by atoms with Gasteiger partial charge < -0.3 is 15.1 Å². The zero-order valence-electron chi connectivity index (χ0n) is 9.77. The van der Waals surface area contributed by atoms with Crippen LogP contribution in [0, 0.1) is 6.92 Å². The highest BCUT2D eigenvalue weighted by Crippen LogP contribution is 2.30. The molecule has 4 nitrogen and oxygen atoms in total. The number of nitrogens with zero attached hydrogens (tertiary/aromatic N) is 2. The second-order valence-electron chi connectivity index (χ2n) is 3.96. The maximum atomic E-state index is 5.80. The molecule has 2 heterocycles. The van der Waals surface area contributed by atoms with Gasteiger partial charge in [-0.05, 0) is 34.5 Å². The lowest BCUT2D eigenvalue weighted by Crippen LogP contribution is -2.18. The highest BCUT2D eigenvalue weighted by Gasteiger charge is 2.12. The predicted octanol–water partition coefficient (Wildman–Crippen LogP) is 2.96. The third kappa shape index (κ3) is 2.44. The summed E-state index contributed by atoms with van der Waals surface area (Å²) in [4.78, 5) is 6.39. The van der Waals surface area contributed by atoms with E-state index in [9.17, 15) is 0 Å². The molecule has 0 aliphatic carbocycles. The van der Waals surface area contributed by atoms with Crippen LogP contribution in [0.1, 0.15) is 11.1 Å². The van der Waals surface area contributed by atoms with Crippen LogP contribution in [0.2, 0.25) is 0 Å². The summed E-state index contributed by atoms with van der Waals surface area (Å²) in [6, 6.07) is 1.94. The summed E-state index contributed by atoms with van der Waals surface area (Å²) in [7, 11) is 1.98. The number of pyridine rings is 1. The predicted molar refractivity (Wildman–Crippen MR) is 71.9 cm³/mol. The van der Waals surface area contributed by atoms with Crippen molar-refractivity contribution in [1.82, 2.24) is 4.98 Å². The first-order chi connectivity index (χ1) is 8.09. The molecule has 0 aliphatic heterocycles. The molecule has 2 aromatic rings. The van der Waals surface area contributed by atoms with E-state index in [-0.39, 0.29) is 0 Å². The molecular weight excluding hydrogens is 282 g/mol. The molecule has 0 bridgehead atoms. The molecule has 0 saturated heterocycles. The van der Waals surface area contributed by atoms with Gasteiger partial charge >= 0.3 is 0 Å². The molecule has 0 saturated carbocycles. The minimum atomic E-state index is 0.692. The van der Waals surface area contributed by atoms with E-state index in [4.69, 9.17) is 10.2 Å². The molecule has 0 aliphatic rings. The maximum Gasteiger partial charge on any atom is 0.143 e. The summed E-state index contributed by atoms with van der Waals surface area (Å²) in [5.74, 6) is 0.873. The Hall–Kier alpha value is -1.49. The first-order valence-electron chi connectivity index (χ1n) is 5.22. The number of nitrogen functional groups attached to an aromatic ring is 1. The Bertz CT molecular complexity index is 511. The Balaban J connectivity index is 2.25. The molecule has 17 heavy (non-hydrogen) atoms. The molecule has 5 heteroatoms. The molecule has 0 spiro atoms. The zero-order chi connectivity index (χ0) is 12.4. The number of anilines is 2. The van der Waals surface area contributed by atoms with Gasteiger partial charge in [0.05, 0.1) is 28.9 Å². The monoisotopic (exact) mass is 295 g/mol. The maximum absolute atomic E-state index is 5.80. The fraction of sp³-hybridized carbons (Fsp3) is 0.250. The number of rotatable bonds is 3. The quantitative estimate of drug-likeness (QED) is 0.946. The normalized spacial score (nSPS) is 10.5. The topological polar surface area (TPSA) is 55.3 Å². The molecule has 0 fully saturated rings. The van der Waals surface area contributed by atoms with Crippen molar-refractivity contribution in [3.8, 4) is 0 Å². The van der Waals surface area contributed by atoms with Gasteiger partial charge in [-0.3, -0.25) is 0 Å². The van der Waals surface area contributed by atoms with Crippen LogP contribution in [0.25, 0.3) is 0 Å². The zero-order valence-corrected chi connectivity index (χ0v) is 11.4. The van der Waals surface area contributed by atoms with E-state index in [1.54, 1.807) is 18.7 Å². The van der Waals surface area contributed by atoms with Crippen molar-refractivity contribution in [1.29, 1.82) is 0 Å². The van der Waals surface area contributed by atoms with Crippen LogP contribution in [0.3, 0.4) is 0 Å². The highest BCUT2D eigenvalue weighted by atomic mass is 79.9. The Labute approximate surface area is 109 Å². The molecule has 0 atom stereocenters. The van der Waals surface area contributed by atoms with Gasteiger partial charge in [-0.2, -0.15) is 0 Å². The average molecular weight is 296 g/mol. The Morgan fingerprint density at radius 2 is 2.29 bits per heavy atom. The smallest absolute Gasteiger partial charge is 0.143 e. The van der Waals surface area contributed by atoms with Gasteiger partial charge in [-0.1, -0.05) is 0 Å². The molecule has 0 aromatic carbocycles. The lowest BCUT2D eigenvalue weighted by atomic mass is 10.2.